The van der Waals surface area contributed by atoms with E-state index < -0.39 is 23.3 Å². The maximum atomic E-state index is 12.1. The van der Waals surface area contributed by atoms with Crippen LogP contribution in [0.25, 0.3) is 0 Å². The van der Waals surface area contributed by atoms with E-state index in [0.717, 1.165) is 32.1 Å². The summed E-state index contributed by atoms with van der Waals surface area (Å²) in [6.07, 6.45) is 15.2. The van der Waals surface area contributed by atoms with E-state index in [1.54, 1.807) is 0 Å². The zero-order chi connectivity index (χ0) is 19.4. The van der Waals surface area contributed by atoms with E-state index in [0.29, 0.717) is 19.3 Å². The summed E-state index contributed by atoms with van der Waals surface area (Å²) in [5, 5.41) is 19.6. The molecule has 3 unspecified atom stereocenters. The van der Waals surface area contributed by atoms with Crippen LogP contribution in [0.3, 0.4) is 0 Å². The van der Waals surface area contributed by atoms with Crippen LogP contribution in [0.5, 0.6) is 0 Å². The predicted molar refractivity (Wildman–Crippen MR) is 105 cm³/mol. The molecule has 1 aliphatic rings. The highest BCUT2D eigenvalue weighted by molar-refractivity contribution is 5.78. The Morgan fingerprint density at radius 2 is 1.46 bits per heavy atom. The number of carboxylic acids is 2. The van der Waals surface area contributed by atoms with Gasteiger partial charge in [-0.25, -0.2) is 0 Å². The minimum Gasteiger partial charge on any atom is -0.481 e. The van der Waals surface area contributed by atoms with Crippen LogP contribution in [0, 0.1) is 17.3 Å². The number of carbonyl (C=O) groups is 2. The molecule has 0 aliphatic heterocycles. The molecular formula is C22H40O4. The molecule has 0 amide bonds. The van der Waals surface area contributed by atoms with Crippen LogP contribution in [0.1, 0.15) is 110 Å². The van der Waals surface area contributed by atoms with Crippen LogP contribution in [0.4, 0.5) is 0 Å². The normalized spacial score (nSPS) is 25.9. The van der Waals surface area contributed by atoms with Gasteiger partial charge < -0.3 is 10.2 Å². The summed E-state index contributed by atoms with van der Waals surface area (Å²) >= 11 is 0. The average Bonchev–Trinajstić information content (AvgIpc) is 2.61. The zero-order valence-electron chi connectivity index (χ0n) is 17.0. The molecule has 0 aromatic carbocycles. The van der Waals surface area contributed by atoms with Gasteiger partial charge in [0.05, 0.1) is 11.3 Å². The van der Waals surface area contributed by atoms with Gasteiger partial charge in [0.25, 0.3) is 0 Å². The molecule has 0 aromatic heterocycles. The summed E-state index contributed by atoms with van der Waals surface area (Å²) in [6.45, 7) is 4.23. The molecule has 0 bridgehead atoms. The van der Waals surface area contributed by atoms with Gasteiger partial charge in [0.15, 0.2) is 0 Å². The van der Waals surface area contributed by atoms with Crippen molar-refractivity contribution in [2.75, 3.05) is 0 Å². The molecule has 1 aliphatic carbocycles. The molecule has 152 valence electrons. The third-order valence-corrected chi connectivity index (χ3v) is 6.39. The fraction of sp³-hybridized carbons (Fsp3) is 0.909. The van der Waals surface area contributed by atoms with Crippen molar-refractivity contribution >= 4 is 11.9 Å². The fourth-order valence-electron chi connectivity index (χ4n) is 4.99. The van der Waals surface area contributed by atoms with E-state index in [2.05, 4.69) is 6.92 Å². The van der Waals surface area contributed by atoms with Crippen LogP contribution in [0.15, 0.2) is 0 Å². The van der Waals surface area contributed by atoms with Gasteiger partial charge in [-0.15, -0.1) is 0 Å². The lowest BCUT2D eigenvalue weighted by Gasteiger charge is -2.44. The molecule has 1 rings (SSSR count). The summed E-state index contributed by atoms with van der Waals surface area (Å²) in [6, 6.07) is 0. The van der Waals surface area contributed by atoms with Gasteiger partial charge in [-0.1, -0.05) is 84.5 Å². The van der Waals surface area contributed by atoms with Crippen molar-refractivity contribution in [3.63, 3.8) is 0 Å². The summed E-state index contributed by atoms with van der Waals surface area (Å²) in [5.41, 5.74) is -0.823. The third kappa shape index (κ3) is 6.59. The highest BCUT2D eigenvalue weighted by Crippen LogP contribution is 2.50. The molecule has 0 spiro atoms. The average molecular weight is 369 g/mol. The zero-order valence-corrected chi connectivity index (χ0v) is 17.0. The first-order chi connectivity index (χ1) is 12.5. The summed E-state index contributed by atoms with van der Waals surface area (Å²) < 4.78 is 0. The monoisotopic (exact) mass is 368 g/mol. The van der Waals surface area contributed by atoms with Crippen molar-refractivity contribution in [3.8, 4) is 0 Å². The first-order valence-corrected chi connectivity index (χ1v) is 11.0. The molecule has 3 atom stereocenters. The second kappa shape index (κ2) is 12.3. The van der Waals surface area contributed by atoms with Gasteiger partial charge in [0.1, 0.15) is 0 Å². The fourth-order valence-corrected chi connectivity index (χ4v) is 4.99. The third-order valence-electron chi connectivity index (χ3n) is 6.39. The Morgan fingerprint density at radius 1 is 0.885 bits per heavy atom. The highest BCUT2D eigenvalue weighted by Gasteiger charge is 2.51. The molecule has 4 heteroatoms. The summed E-state index contributed by atoms with van der Waals surface area (Å²) in [5.74, 6) is -2.27. The van der Waals surface area contributed by atoms with Crippen molar-refractivity contribution in [1.29, 1.82) is 0 Å². The lowest BCUT2D eigenvalue weighted by molar-refractivity contribution is -0.164. The van der Waals surface area contributed by atoms with Gasteiger partial charge >= 0.3 is 11.9 Å². The maximum absolute atomic E-state index is 12.1. The largest absolute Gasteiger partial charge is 0.481 e. The Kier molecular flexibility index (Phi) is 10.9. The van der Waals surface area contributed by atoms with Crippen LogP contribution in [-0.2, 0) is 9.59 Å². The van der Waals surface area contributed by atoms with Crippen LogP contribution in [-0.4, -0.2) is 22.2 Å². The van der Waals surface area contributed by atoms with Gasteiger partial charge in [-0.2, -0.15) is 0 Å². The lowest BCUT2D eigenvalue weighted by atomic mass is 9.58. The molecule has 4 nitrogen and oxygen atoms in total. The summed E-state index contributed by atoms with van der Waals surface area (Å²) in [7, 11) is 0. The van der Waals surface area contributed by atoms with E-state index in [1.165, 1.54) is 44.9 Å². The van der Waals surface area contributed by atoms with Crippen LogP contribution < -0.4 is 0 Å². The van der Waals surface area contributed by atoms with Gasteiger partial charge in [0, 0.05) is 0 Å². The Balaban J connectivity index is 2.53. The van der Waals surface area contributed by atoms with E-state index in [1.807, 2.05) is 6.92 Å². The minimum atomic E-state index is -0.823. The standard InChI is InChI=1S/C22H40O4/c1-3-5-6-7-8-9-10-11-12-15-19-18(20(23)24)14-13-17-22(19,16-4-2)21(25)26/h18-19H,3-17H2,1-2H3,(H,23,24)(H,25,26). The molecule has 0 radical (unpaired) electrons. The summed E-state index contributed by atoms with van der Waals surface area (Å²) in [4.78, 5) is 23.9. The Labute approximate surface area is 159 Å². The number of hydrogen-bond acceptors (Lipinski definition) is 2. The number of aliphatic carboxylic acids is 2. The van der Waals surface area contributed by atoms with E-state index in [4.69, 9.17) is 0 Å². The molecule has 26 heavy (non-hydrogen) atoms. The molecule has 2 N–H and O–H groups in total. The Morgan fingerprint density at radius 3 is 1.96 bits per heavy atom. The number of carboxylic acid groups (broad SMARTS) is 2. The van der Waals surface area contributed by atoms with Gasteiger partial charge in [0.2, 0.25) is 0 Å². The maximum Gasteiger partial charge on any atom is 0.309 e. The highest BCUT2D eigenvalue weighted by atomic mass is 16.4. The van der Waals surface area contributed by atoms with E-state index >= 15 is 0 Å². The predicted octanol–water partition coefficient (Wildman–Crippen LogP) is 6.28. The van der Waals surface area contributed by atoms with E-state index in [-0.39, 0.29) is 5.92 Å². The second-order valence-electron chi connectivity index (χ2n) is 8.27. The molecule has 1 fully saturated rings. The van der Waals surface area contributed by atoms with Gasteiger partial charge in [-0.05, 0) is 31.6 Å². The van der Waals surface area contributed by atoms with E-state index in [9.17, 15) is 19.8 Å². The number of unbranched alkanes of at least 4 members (excludes halogenated alkanes) is 8. The number of hydrogen-bond donors (Lipinski definition) is 2. The second-order valence-corrected chi connectivity index (χ2v) is 8.27. The first-order valence-electron chi connectivity index (χ1n) is 11.0. The SMILES string of the molecule is CCCCCCCCCCCC1C(C(=O)O)CCCC1(CCC)C(=O)O. The Bertz CT molecular complexity index is 416. The molecular weight excluding hydrogens is 328 g/mol. The van der Waals surface area contributed by atoms with Crippen LogP contribution in [0.2, 0.25) is 0 Å². The Hall–Kier alpha value is -1.06. The van der Waals surface area contributed by atoms with Crippen molar-refractivity contribution in [2.45, 2.75) is 110 Å². The molecule has 0 heterocycles. The smallest absolute Gasteiger partial charge is 0.309 e. The van der Waals surface area contributed by atoms with Crippen molar-refractivity contribution in [3.05, 3.63) is 0 Å². The minimum absolute atomic E-state index is 0.212. The number of rotatable bonds is 14. The van der Waals surface area contributed by atoms with Gasteiger partial charge in [-0.3, -0.25) is 9.59 Å². The molecule has 0 aromatic rings. The first kappa shape index (κ1) is 23.0. The van der Waals surface area contributed by atoms with Crippen molar-refractivity contribution in [1.82, 2.24) is 0 Å². The molecule has 1 saturated carbocycles. The topological polar surface area (TPSA) is 74.6 Å². The quantitative estimate of drug-likeness (QED) is 0.354. The van der Waals surface area contributed by atoms with Crippen LogP contribution >= 0.6 is 0 Å². The molecule has 0 saturated heterocycles. The van der Waals surface area contributed by atoms with Crippen molar-refractivity contribution in [2.24, 2.45) is 17.3 Å². The lowest BCUT2D eigenvalue weighted by Crippen LogP contribution is -2.47. The van der Waals surface area contributed by atoms with Crippen molar-refractivity contribution < 1.29 is 19.8 Å².